The third kappa shape index (κ3) is 37.4. The zero-order valence-electron chi connectivity index (χ0n) is 45.3. The zero-order valence-corrected chi connectivity index (χ0v) is 45.3. The van der Waals surface area contributed by atoms with Gasteiger partial charge in [0.25, 0.3) is 0 Å². The van der Waals surface area contributed by atoms with Crippen LogP contribution in [0.5, 0.6) is 0 Å². The number of hydrogen-bond donors (Lipinski definition) is 0. The molecule has 9 nitrogen and oxygen atoms in total. The molecule has 0 amide bonds. The van der Waals surface area contributed by atoms with Gasteiger partial charge in [-0.15, -0.1) is 0 Å². The van der Waals surface area contributed by atoms with Gasteiger partial charge in [0.05, 0.1) is 38.3 Å². The van der Waals surface area contributed by atoms with E-state index in [1.165, 1.54) is 103 Å². The smallest absolute Gasteiger partial charge is 0.308 e. The lowest BCUT2D eigenvalue weighted by Gasteiger charge is -2.16. The van der Waals surface area contributed by atoms with Crippen molar-refractivity contribution in [3.63, 3.8) is 0 Å². The van der Waals surface area contributed by atoms with E-state index in [1.54, 1.807) is 0 Å². The summed E-state index contributed by atoms with van der Waals surface area (Å²) in [6.07, 6.45) is 37.3. The fraction of sp³-hybridized carbons (Fsp3) is 0.847. The average molecular weight is 959 g/mol. The Bertz CT molecular complexity index is 1320. The first-order valence-corrected chi connectivity index (χ1v) is 28.6. The van der Waals surface area contributed by atoms with Gasteiger partial charge in [0.15, 0.2) is 0 Å². The summed E-state index contributed by atoms with van der Waals surface area (Å²) < 4.78 is 29.6. The first kappa shape index (κ1) is 63.5. The Morgan fingerprint density at radius 2 is 0.824 bits per heavy atom. The number of benzene rings is 1. The van der Waals surface area contributed by atoms with E-state index in [2.05, 4.69) is 50.8 Å². The van der Waals surface area contributed by atoms with Crippen LogP contribution >= 0.6 is 0 Å². The van der Waals surface area contributed by atoms with Gasteiger partial charge in [-0.1, -0.05) is 181 Å². The zero-order chi connectivity index (χ0) is 49.6. The van der Waals surface area contributed by atoms with Crippen molar-refractivity contribution in [3.05, 3.63) is 34.9 Å². The van der Waals surface area contributed by atoms with E-state index in [4.69, 9.17) is 23.7 Å². The predicted molar refractivity (Wildman–Crippen MR) is 283 cm³/mol. The van der Waals surface area contributed by atoms with E-state index in [-0.39, 0.29) is 36.4 Å². The van der Waals surface area contributed by atoms with Gasteiger partial charge >= 0.3 is 17.9 Å². The van der Waals surface area contributed by atoms with Gasteiger partial charge in [-0.2, -0.15) is 0 Å². The van der Waals surface area contributed by atoms with Crippen molar-refractivity contribution >= 4 is 17.9 Å². The number of hydrogen-bond acceptors (Lipinski definition) is 9. The Labute approximate surface area is 419 Å². The normalized spacial score (nSPS) is 12.4. The lowest BCUT2D eigenvalue weighted by molar-refractivity contribution is -0.150. The fourth-order valence-corrected chi connectivity index (χ4v) is 8.82. The summed E-state index contributed by atoms with van der Waals surface area (Å²) in [6.45, 7) is 13.3. The van der Waals surface area contributed by atoms with Crippen molar-refractivity contribution in [3.8, 4) is 0 Å². The van der Waals surface area contributed by atoms with Gasteiger partial charge in [-0.05, 0) is 114 Å². The van der Waals surface area contributed by atoms with Crippen molar-refractivity contribution in [2.75, 3.05) is 47.1 Å². The fourth-order valence-electron chi connectivity index (χ4n) is 8.82. The second-order valence-electron chi connectivity index (χ2n) is 20.1. The first-order chi connectivity index (χ1) is 33.2. The molecule has 0 N–H and O–H groups in total. The molecule has 0 bridgehead atoms. The number of nitrogens with zero attached hydrogens (tertiary/aromatic N) is 1. The highest BCUT2D eigenvalue weighted by Gasteiger charge is 2.20. The van der Waals surface area contributed by atoms with Crippen molar-refractivity contribution in [2.24, 2.45) is 11.8 Å². The molecule has 1 rings (SSSR count). The Balaban J connectivity index is 2.49. The second-order valence-corrected chi connectivity index (χ2v) is 20.1. The molecule has 0 saturated heterocycles. The minimum atomic E-state index is -0.184. The quantitative estimate of drug-likeness (QED) is 0.0359. The minimum Gasteiger partial charge on any atom is -0.465 e. The van der Waals surface area contributed by atoms with Crippen LogP contribution in [0.25, 0.3) is 0 Å². The van der Waals surface area contributed by atoms with Crippen LogP contribution in [0.2, 0.25) is 0 Å². The Kier molecular flexibility index (Phi) is 43.8. The number of esters is 3. The van der Waals surface area contributed by atoms with E-state index < -0.39 is 0 Å². The maximum atomic E-state index is 13.0. The maximum Gasteiger partial charge on any atom is 0.308 e. The molecule has 0 aliphatic rings. The molecule has 0 aliphatic heterocycles. The number of carbonyl (C=O) groups is 3. The van der Waals surface area contributed by atoms with Crippen LogP contribution < -0.4 is 0 Å². The summed E-state index contributed by atoms with van der Waals surface area (Å²) in [5, 5.41) is 0. The highest BCUT2D eigenvalue weighted by atomic mass is 16.5. The number of carbonyl (C=O) groups excluding carboxylic acids is 3. The molecule has 396 valence electrons. The van der Waals surface area contributed by atoms with Crippen LogP contribution in [-0.2, 0) is 57.9 Å². The van der Waals surface area contributed by atoms with Crippen LogP contribution in [0, 0.1) is 11.8 Å². The third-order valence-electron chi connectivity index (χ3n) is 13.3. The number of unbranched alkanes of at least 4 members (excludes halogenated alkanes) is 22. The van der Waals surface area contributed by atoms with Crippen molar-refractivity contribution < 1.29 is 38.1 Å². The second kappa shape index (κ2) is 46.9. The van der Waals surface area contributed by atoms with E-state index in [1.807, 2.05) is 14.1 Å². The molecular weight excluding hydrogens is 851 g/mol. The lowest BCUT2D eigenvalue weighted by Crippen LogP contribution is -2.18. The van der Waals surface area contributed by atoms with Gasteiger partial charge in [0.1, 0.15) is 6.61 Å². The molecule has 0 spiro atoms. The maximum absolute atomic E-state index is 13.0. The molecule has 0 aromatic heterocycles. The minimum absolute atomic E-state index is 0.0173. The topological polar surface area (TPSA) is 101 Å². The van der Waals surface area contributed by atoms with E-state index >= 15 is 0 Å². The van der Waals surface area contributed by atoms with Crippen LogP contribution in [0.1, 0.15) is 263 Å². The molecular formula is C59H107NO8. The Morgan fingerprint density at radius 1 is 0.426 bits per heavy atom. The molecule has 2 unspecified atom stereocenters. The molecule has 1 aromatic carbocycles. The highest BCUT2D eigenvalue weighted by molar-refractivity contribution is 5.72. The summed E-state index contributed by atoms with van der Waals surface area (Å²) in [4.78, 5) is 40.7. The van der Waals surface area contributed by atoms with Gasteiger partial charge in [-0.3, -0.25) is 14.4 Å². The molecule has 0 saturated carbocycles. The largest absolute Gasteiger partial charge is 0.465 e. The van der Waals surface area contributed by atoms with E-state index in [0.29, 0.717) is 46.1 Å². The number of rotatable bonds is 50. The summed E-state index contributed by atoms with van der Waals surface area (Å²) >= 11 is 0. The summed E-state index contributed by atoms with van der Waals surface area (Å²) in [7, 11) is 4.02. The molecule has 0 radical (unpaired) electrons. The van der Waals surface area contributed by atoms with E-state index in [0.717, 1.165) is 132 Å². The summed E-state index contributed by atoms with van der Waals surface area (Å²) in [5.74, 6) is -0.0337. The first-order valence-electron chi connectivity index (χ1n) is 28.6. The average Bonchev–Trinajstić information content (AvgIpc) is 3.33. The van der Waals surface area contributed by atoms with Gasteiger partial charge in [0, 0.05) is 19.6 Å². The summed E-state index contributed by atoms with van der Waals surface area (Å²) in [5.41, 5.74) is 3.03. The lowest BCUT2D eigenvalue weighted by atomic mass is 9.94. The number of ether oxygens (including phenoxy) is 5. The molecule has 1 aromatic rings. The highest BCUT2D eigenvalue weighted by Crippen LogP contribution is 2.23. The molecule has 9 heteroatoms. The molecule has 2 atom stereocenters. The van der Waals surface area contributed by atoms with Crippen LogP contribution in [0.4, 0.5) is 0 Å². The van der Waals surface area contributed by atoms with E-state index in [9.17, 15) is 14.4 Å². The molecule has 0 fully saturated rings. The molecule has 0 heterocycles. The summed E-state index contributed by atoms with van der Waals surface area (Å²) in [6, 6.07) is 6.26. The monoisotopic (exact) mass is 958 g/mol. The standard InChI is InChI=1S/C59H107NO8/c1-7-11-15-19-21-29-38-53(36-27-17-13-9-3)58(62)66-46-33-25-23-31-44-64-49-52-41-42-55(56(48-52)51-68-57(61)40-35-43-60(5)6)50-65-45-32-24-26-34-47-67-59(63)54(37-28-18-14-10-4)39-30-22-20-16-12-8-2/h41-42,48,53-54H,7-40,43-47,49-51H2,1-6H3. The van der Waals surface area contributed by atoms with Crippen LogP contribution in [-0.4, -0.2) is 69.9 Å². The Hall–Kier alpha value is -2.49. The van der Waals surface area contributed by atoms with Crippen molar-refractivity contribution in [2.45, 2.75) is 266 Å². The van der Waals surface area contributed by atoms with Crippen LogP contribution in [0.3, 0.4) is 0 Å². The van der Waals surface area contributed by atoms with Crippen LogP contribution in [0.15, 0.2) is 18.2 Å². The third-order valence-corrected chi connectivity index (χ3v) is 13.3. The van der Waals surface area contributed by atoms with Gasteiger partial charge < -0.3 is 28.6 Å². The SMILES string of the molecule is CCCCCCCCC(CCCCCC)C(=O)OCCCCCCOCc1ccc(COCCCCCCOC(=O)C(CCCCCC)CCCCCCCC)c(COC(=O)CCCN(C)C)c1. The molecule has 0 aliphatic carbocycles. The van der Waals surface area contributed by atoms with Crippen molar-refractivity contribution in [1.29, 1.82) is 0 Å². The van der Waals surface area contributed by atoms with Gasteiger partial charge in [0.2, 0.25) is 0 Å². The predicted octanol–water partition coefficient (Wildman–Crippen LogP) is 16.0. The Morgan fingerprint density at radius 3 is 1.28 bits per heavy atom. The molecule has 68 heavy (non-hydrogen) atoms. The van der Waals surface area contributed by atoms with Crippen molar-refractivity contribution in [1.82, 2.24) is 4.90 Å². The van der Waals surface area contributed by atoms with Gasteiger partial charge in [-0.25, -0.2) is 0 Å².